The monoisotopic (exact) mass is 483 g/mol. The van der Waals surface area contributed by atoms with Crippen molar-refractivity contribution in [3.05, 3.63) is 114 Å². The molecule has 0 atom stereocenters. The summed E-state index contributed by atoms with van der Waals surface area (Å²) in [5.41, 5.74) is -0.401. The van der Waals surface area contributed by atoms with Crippen LogP contribution in [0, 0.1) is 23.5 Å². The molecule has 0 aliphatic rings. The van der Waals surface area contributed by atoms with E-state index in [0.717, 1.165) is 17.0 Å². The van der Waals surface area contributed by atoms with Gasteiger partial charge in [0.25, 0.3) is 0 Å². The van der Waals surface area contributed by atoms with Gasteiger partial charge in [-0.15, -0.1) is 0 Å². The first-order chi connectivity index (χ1) is 16.8. The van der Waals surface area contributed by atoms with Crippen molar-refractivity contribution in [1.29, 1.82) is 0 Å². The number of esters is 1. The number of fused-ring (bicyclic) bond motifs is 3. The zero-order valence-electron chi connectivity index (χ0n) is 19.1. The Kier molecular flexibility index (Phi) is 5.84. The van der Waals surface area contributed by atoms with Gasteiger partial charge in [-0.2, -0.15) is 0 Å². The van der Waals surface area contributed by atoms with E-state index in [1.54, 1.807) is 19.9 Å². The van der Waals surface area contributed by atoms with Gasteiger partial charge in [0.1, 0.15) is 0 Å². The van der Waals surface area contributed by atoms with Crippen LogP contribution in [0.3, 0.4) is 0 Å². The minimum atomic E-state index is -1.13. The van der Waals surface area contributed by atoms with E-state index < -0.39 is 23.2 Å². The largest absolute Gasteiger partial charge is 0.443 e. The van der Waals surface area contributed by atoms with Gasteiger partial charge in [-0.25, -0.2) is 13.6 Å². The van der Waals surface area contributed by atoms with Crippen LogP contribution >= 0.6 is 10.5 Å². The van der Waals surface area contributed by atoms with Crippen LogP contribution in [0.2, 0.25) is 0 Å². The Morgan fingerprint density at radius 3 is 2.11 bits per heavy atom. The molecule has 4 aromatic carbocycles. The minimum absolute atomic E-state index is 0.301. The molecule has 0 saturated carbocycles. The molecule has 0 aliphatic heterocycles. The molecule has 0 aliphatic carbocycles. The van der Waals surface area contributed by atoms with Crippen LogP contribution in [0.5, 0.6) is 0 Å². The molecule has 0 fully saturated rings. The first-order valence-corrected chi connectivity index (χ1v) is 12.3. The summed E-state index contributed by atoms with van der Waals surface area (Å²) in [6.45, 7) is 3.32. The average Bonchev–Trinajstić information content (AvgIpc) is 3.19. The fourth-order valence-corrected chi connectivity index (χ4v) is 6.40. The maximum atomic E-state index is 13.5. The van der Waals surface area contributed by atoms with Gasteiger partial charge in [-0.05, 0) is 68.4 Å². The van der Waals surface area contributed by atoms with Crippen LogP contribution in [0.4, 0.5) is 8.78 Å². The van der Waals surface area contributed by atoms with E-state index in [0.29, 0.717) is 11.1 Å². The molecule has 0 radical (unpaired) electrons. The Morgan fingerprint density at radius 1 is 0.800 bits per heavy atom. The van der Waals surface area contributed by atoms with Gasteiger partial charge >= 0.3 is 5.97 Å². The quantitative estimate of drug-likeness (QED) is 0.148. The molecule has 0 saturated heterocycles. The maximum absolute atomic E-state index is 13.5. The lowest BCUT2D eigenvalue weighted by atomic mass is 10.1. The molecular weight excluding hydrogens is 462 g/mol. The van der Waals surface area contributed by atoms with E-state index in [4.69, 9.17) is 4.74 Å². The molecule has 35 heavy (non-hydrogen) atoms. The summed E-state index contributed by atoms with van der Waals surface area (Å²) in [7, 11) is -0.325. The summed E-state index contributed by atoms with van der Waals surface area (Å²) in [4.78, 5) is 14.1. The van der Waals surface area contributed by atoms with E-state index in [-0.39, 0.29) is 10.5 Å². The number of hydrogen-bond donors (Lipinski definition) is 0. The van der Waals surface area contributed by atoms with Gasteiger partial charge in [-0.1, -0.05) is 42.2 Å². The second-order valence-electron chi connectivity index (χ2n) is 8.61. The SMILES string of the molecule is CC(C)(C#Cc1ccc(F)c(F)c1)OC(=O)c1cccc(-[s+]2c3ccccc3c3ccccc32)c1. The normalized spacial score (nSPS) is 11.3. The molecule has 0 amide bonds. The molecule has 0 spiro atoms. The van der Waals surface area contributed by atoms with Crippen LogP contribution < -0.4 is 0 Å². The molecule has 0 N–H and O–H groups in total. The molecular formula is C30H21F2O2S+. The third-order valence-electron chi connectivity index (χ3n) is 5.58. The summed E-state index contributed by atoms with van der Waals surface area (Å²) in [5.74, 6) is 3.19. The van der Waals surface area contributed by atoms with Crippen molar-refractivity contribution in [1.82, 2.24) is 0 Å². The molecule has 1 heterocycles. The standard InChI is InChI=1S/C30H21F2O2S/c1-30(2,17-16-20-14-15-25(31)26(32)18-20)34-29(33)21-8-7-9-22(19-21)35-27-12-5-3-10-23(27)24-11-4-6-13-28(24)35/h3-15,18-19H,1-2H3/q+1. The highest BCUT2D eigenvalue weighted by atomic mass is 32.2. The third kappa shape index (κ3) is 4.53. The summed E-state index contributed by atoms with van der Waals surface area (Å²) in [6.07, 6.45) is 0. The van der Waals surface area contributed by atoms with Gasteiger partial charge in [0.2, 0.25) is 0 Å². The first-order valence-electron chi connectivity index (χ1n) is 11.1. The number of rotatable bonds is 3. The van der Waals surface area contributed by atoms with Gasteiger partial charge in [-0.3, -0.25) is 0 Å². The zero-order chi connectivity index (χ0) is 24.6. The van der Waals surface area contributed by atoms with Gasteiger partial charge in [0.15, 0.2) is 31.5 Å². The van der Waals surface area contributed by atoms with Crippen molar-refractivity contribution in [2.75, 3.05) is 0 Å². The lowest BCUT2D eigenvalue weighted by Gasteiger charge is -2.18. The van der Waals surface area contributed by atoms with Crippen molar-refractivity contribution >= 4 is 36.6 Å². The number of carbonyl (C=O) groups excluding carboxylic acids is 1. The third-order valence-corrected chi connectivity index (χ3v) is 7.90. The minimum Gasteiger partial charge on any atom is -0.443 e. The molecule has 5 aromatic rings. The summed E-state index contributed by atoms with van der Waals surface area (Å²) in [6, 6.07) is 27.6. The van der Waals surface area contributed by atoms with Crippen LogP contribution in [0.15, 0.2) is 91.0 Å². The summed E-state index contributed by atoms with van der Waals surface area (Å²) < 4.78 is 34.7. The molecule has 2 nitrogen and oxygen atoms in total. The second-order valence-corrected chi connectivity index (χ2v) is 10.6. The Labute approximate surface area is 204 Å². The fourth-order valence-electron chi connectivity index (χ4n) is 3.97. The smallest absolute Gasteiger partial charge is 0.339 e. The molecule has 1 aromatic heterocycles. The summed E-state index contributed by atoms with van der Waals surface area (Å²) in [5, 5.41) is 2.43. The van der Waals surface area contributed by atoms with E-state index >= 15 is 0 Å². The van der Waals surface area contributed by atoms with Gasteiger partial charge in [0.05, 0.1) is 5.56 Å². The number of benzene rings is 4. The predicted octanol–water partition coefficient (Wildman–Crippen LogP) is 8.00. The van der Waals surface area contributed by atoms with Gasteiger partial charge in [0, 0.05) is 32.9 Å². The average molecular weight is 484 g/mol. The number of thiophene rings is 1. The van der Waals surface area contributed by atoms with Crippen molar-refractivity contribution < 1.29 is 18.3 Å². The Bertz CT molecular complexity index is 1600. The topological polar surface area (TPSA) is 26.3 Å². The van der Waals surface area contributed by atoms with Crippen LogP contribution in [-0.2, 0) is 4.74 Å². The number of ether oxygens (including phenoxy) is 1. The van der Waals surface area contributed by atoms with Crippen LogP contribution in [-0.4, -0.2) is 11.6 Å². The molecule has 5 rings (SSSR count). The van der Waals surface area contributed by atoms with Crippen molar-refractivity contribution in [2.24, 2.45) is 0 Å². The van der Waals surface area contributed by atoms with Crippen LogP contribution in [0.25, 0.3) is 25.1 Å². The van der Waals surface area contributed by atoms with Crippen molar-refractivity contribution in [2.45, 2.75) is 19.4 Å². The zero-order valence-corrected chi connectivity index (χ0v) is 20.0. The van der Waals surface area contributed by atoms with E-state index in [1.165, 1.54) is 26.2 Å². The number of halogens is 2. The lowest BCUT2D eigenvalue weighted by molar-refractivity contribution is 0.0204. The highest BCUT2D eigenvalue weighted by Crippen LogP contribution is 2.48. The molecule has 0 unspecified atom stereocenters. The molecule has 172 valence electrons. The van der Waals surface area contributed by atoms with E-state index in [1.807, 2.05) is 42.5 Å². The Balaban J connectivity index is 1.46. The lowest BCUT2D eigenvalue weighted by Crippen LogP contribution is -2.26. The fraction of sp³-hybridized carbons (Fsp3) is 0.100. The van der Waals surface area contributed by atoms with Crippen molar-refractivity contribution in [3.63, 3.8) is 0 Å². The highest BCUT2D eigenvalue weighted by molar-refractivity contribution is 7.50. The Morgan fingerprint density at radius 2 is 1.46 bits per heavy atom. The van der Waals surface area contributed by atoms with E-state index in [2.05, 4.69) is 36.1 Å². The molecule has 5 heteroatoms. The maximum Gasteiger partial charge on any atom is 0.339 e. The molecule has 0 bridgehead atoms. The van der Waals surface area contributed by atoms with Crippen LogP contribution in [0.1, 0.15) is 29.8 Å². The first kappa shape index (κ1) is 22.8. The Hall–Kier alpha value is -4.01. The highest BCUT2D eigenvalue weighted by Gasteiger charge is 2.26. The predicted molar refractivity (Wildman–Crippen MR) is 138 cm³/mol. The summed E-state index contributed by atoms with van der Waals surface area (Å²) >= 11 is 0. The number of carbonyl (C=O) groups is 1. The number of hydrogen-bond acceptors (Lipinski definition) is 2. The van der Waals surface area contributed by atoms with E-state index in [9.17, 15) is 13.6 Å². The van der Waals surface area contributed by atoms with Crippen molar-refractivity contribution in [3.8, 4) is 16.7 Å². The van der Waals surface area contributed by atoms with Gasteiger partial charge < -0.3 is 4.74 Å². The second kappa shape index (κ2) is 8.98.